The van der Waals surface area contributed by atoms with E-state index in [1.807, 2.05) is 6.92 Å². The Morgan fingerprint density at radius 2 is 2.24 bits per heavy atom. The molecule has 0 spiro atoms. The van der Waals surface area contributed by atoms with E-state index in [9.17, 15) is 10.1 Å². The van der Waals surface area contributed by atoms with Crippen molar-refractivity contribution >= 4 is 21.6 Å². The van der Waals surface area contributed by atoms with Crippen molar-refractivity contribution in [3.8, 4) is 5.75 Å². The Morgan fingerprint density at radius 1 is 1.59 bits per heavy atom. The quantitative estimate of drug-likeness (QED) is 0.670. The van der Waals surface area contributed by atoms with E-state index in [0.29, 0.717) is 23.4 Å². The predicted octanol–water partition coefficient (Wildman–Crippen LogP) is 2.64. The Morgan fingerprint density at radius 3 is 2.76 bits per heavy atom. The van der Waals surface area contributed by atoms with Gasteiger partial charge in [-0.25, -0.2) is 0 Å². The van der Waals surface area contributed by atoms with Crippen LogP contribution in [0, 0.1) is 23.0 Å². The third-order valence-corrected chi connectivity index (χ3v) is 2.79. The van der Waals surface area contributed by atoms with Gasteiger partial charge in [0.15, 0.2) is 5.75 Å². The number of ether oxygens (including phenoxy) is 1. The van der Waals surface area contributed by atoms with Crippen LogP contribution in [0.3, 0.4) is 0 Å². The summed E-state index contributed by atoms with van der Waals surface area (Å²) in [5.41, 5.74) is 6.18. The molecule has 0 aliphatic rings. The van der Waals surface area contributed by atoms with E-state index in [1.165, 1.54) is 6.07 Å². The fraction of sp³-hybridized carbons (Fsp3) is 0.455. The number of hydrogen-bond acceptors (Lipinski definition) is 4. The lowest BCUT2D eigenvalue weighted by atomic mass is 10.2. The molecule has 94 valence electrons. The Labute approximate surface area is 108 Å². The second-order valence-electron chi connectivity index (χ2n) is 3.98. The second kappa shape index (κ2) is 5.97. The lowest BCUT2D eigenvalue weighted by Crippen LogP contribution is -2.18. The molecule has 0 bridgehead atoms. The molecule has 0 amide bonds. The molecule has 17 heavy (non-hydrogen) atoms. The van der Waals surface area contributed by atoms with Gasteiger partial charge < -0.3 is 10.5 Å². The molecule has 0 saturated carbocycles. The Balaban J connectivity index is 3.00. The first kappa shape index (κ1) is 13.9. The van der Waals surface area contributed by atoms with Gasteiger partial charge in [-0.3, -0.25) is 10.1 Å². The second-order valence-corrected chi connectivity index (χ2v) is 4.90. The molecule has 0 aromatic heterocycles. The summed E-state index contributed by atoms with van der Waals surface area (Å²) >= 11 is 3.23. The van der Waals surface area contributed by atoms with Gasteiger partial charge in [0.05, 0.1) is 11.5 Å². The van der Waals surface area contributed by atoms with Gasteiger partial charge in [-0.1, -0.05) is 22.9 Å². The van der Waals surface area contributed by atoms with Crippen LogP contribution in [-0.2, 0) is 0 Å². The molecule has 0 fully saturated rings. The highest BCUT2D eigenvalue weighted by atomic mass is 79.9. The van der Waals surface area contributed by atoms with E-state index in [2.05, 4.69) is 15.9 Å². The fourth-order valence-electron chi connectivity index (χ4n) is 1.33. The summed E-state index contributed by atoms with van der Waals surface area (Å²) < 4.78 is 6.16. The van der Waals surface area contributed by atoms with Gasteiger partial charge in [-0.15, -0.1) is 0 Å². The molecule has 0 radical (unpaired) electrons. The number of aryl methyl sites for hydroxylation is 1. The Bertz CT molecular complexity index is 423. The van der Waals surface area contributed by atoms with Crippen LogP contribution >= 0.6 is 15.9 Å². The van der Waals surface area contributed by atoms with Crippen molar-refractivity contribution < 1.29 is 9.66 Å². The summed E-state index contributed by atoms with van der Waals surface area (Å²) in [5, 5.41) is 10.9. The molecule has 1 atom stereocenters. The van der Waals surface area contributed by atoms with Crippen molar-refractivity contribution in [1.29, 1.82) is 0 Å². The number of halogens is 1. The van der Waals surface area contributed by atoms with Crippen molar-refractivity contribution in [2.45, 2.75) is 13.8 Å². The van der Waals surface area contributed by atoms with E-state index < -0.39 is 4.92 Å². The third-order valence-electron chi connectivity index (χ3n) is 2.33. The van der Waals surface area contributed by atoms with Crippen molar-refractivity contribution in [3.63, 3.8) is 0 Å². The summed E-state index contributed by atoms with van der Waals surface area (Å²) in [7, 11) is 0. The van der Waals surface area contributed by atoms with Crippen LogP contribution < -0.4 is 10.5 Å². The van der Waals surface area contributed by atoms with Gasteiger partial charge in [0, 0.05) is 16.5 Å². The molecule has 1 aromatic rings. The number of nitro benzene ring substituents is 1. The minimum atomic E-state index is -0.444. The number of nitrogens with two attached hydrogens (primary N) is 1. The maximum absolute atomic E-state index is 10.9. The average Bonchev–Trinajstić information content (AvgIpc) is 2.26. The summed E-state index contributed by atoms with van der Waals surface area (Å²) in [5.74, 6) is 0.483. The molecule has 1 aromatic carbocycles. The van der Waals surface area contributed by atoms with Crippen LogP contribution in [-0.4, -0.2) is 18.1 Å². The zero-order valence-corrected chi connectivity index (χ0v) is 11.4. The van der Waals surface area contributed by atoms with Crippen molar-refractivity contribution in [3.05, 3.63) is 32.3 Å². The van der Waals surface area contributed by atoms with Crippen molar-refractivity contribution in [1.82, 2.24) is 0 Å². The van der Waals surface area contributed by atoms with E-state index in [0.717, 1.165) is 5.56 Å². The minimum Gasteiger partial charge on any atom is -0.486 e. The van der Waals surface area contributed by atoms with Crippen LogP contribution in [0.2, 0.25) is 0 Å². The number of nitrogens with zero attached hydrogens (tertiary/aromatic N) is 1. The molecule has 0 aliphatic heterocycles. The SMILES string of the molecule is Cc1cc(Br)cc([N+](=O)[O-])c1OCC(C)CN. The molecule has 0 aliphatic carbocycles. The van der Waals surface area contributed by atoms with E-state index in [4.69, 9.17) is 10.5 Å². The van der Waals surface area contributed by atoms with Crippen LogP contribution in [0.15, 0.2) is 16.6 Å². The van der Waals surface area contributed by atoms with Gasteiger partial charge in [0.1, 0.15) is 0 Å². The van der Waals surface area contributed by atoms with Crippen LogP contribution in [0.4, 0.5) is 5.69 Å². The molecule has 0 saturated heterocycles. The molecular formula is C11H15BrN2O3. The molecule has 1 unspecified atom stereocenters. The predicted molar refractivity (Wildman–Crippen MR) is 69.2 cm³/mol. The highest BCUT2D eigenvalue weighted by molar-refractivity contribution is 9.10. The van der Waals surface area contributed by atoms with E-state index >= 15 is 0 Å². The molecule has 6 heteroatoms. The lowest BCUT2D eigenvalue weighted by Gasteiger charge is -2.13. The van der Waals surface area contributed by atoms with Gasteiger partial charge >= 0.3 is 5.69 Å². The smallest absolute Gasteiger partial charge is 0.312 e. The van der Waals surface area contributed by atoms with Crippen molar-refractivity contribution in [2.75, 3.05) is 13.2 Å². The van der Waals surface area contributed by atoms with Gasteiger partial charge in [-0.05, 0) is 25.1 Å². The number of nitro groups is 1. The fourth-order valence-corrected chi connectivity index (χ4v) is 1.89. The summed E-state index contributed by atoms with van der Waals surface area (Å²) in [6.45, 7) is 4.57. The summed E-state index contributed by atoms with van der Waals surface area (Å²) in [6.07, 6.45) is 0. The summed E-state index contributed by atoms with van der Waals surface area (Å²) in [6, 6.07) is 3.23. The average molecular weight is 303 g/mol. The molecule has 1 rings (SSSR count). The Kier molecular flexibility index (Phi) is 4.89. The van der Waals surface area contributed by atoms with Gasteiger partial charge in [0.2, 0.25) is 0 Å². The normalized spacial score (nSPS) is 12.2. The van der Waals surface area contributed by atoms with Crippen molar-refractivity contribution in [2.24, 2.45) is 11.7 Å². The lowest BCUT2D eigenvalue weighted by molar-refractivity contribution is -0.386. The largest absolute Gasteiger partial charge is 0.486 e. The number of hydrogen-bond donors (Lipinski definition) is 1. The molecule has 0 heterocycles. The van der Waals surface area contributed by atoms with E-state index in [1.54, 1.807) is 13.0 Å². The van der Waals surface area contributed by atoms with Gasteiger partial charge in [0.25, 0.3) is 0 Å². The maximum atomic E-state index is 10.9. The molecular weight excluding hydrogens is 288 g/mol. The standard InChI is InChI=1S/C11H15BrN2O3/c1-7(5-13)6-17-11-8(2)3-9(12)4-10(11)14(15)16/h3-4,7H,5-6,13H2,1-2H3. The van der Waals surface area contributed by atoms with Gasteiger partial charge in [-0.2, -0.15) is 0 Å². The van der Waals surface area contributed by atoms with Crippen LogP contribution in [0.5, 0.6) is 5.75 Å². The zero-order valence-electron chi connectivity index (χ0n) is 9.77. The van der Waals surface area contributed by atoms with Crippen LogP contribution in [0.25, 0.3) is 0 Å². The topological polar surface area (TPSA) is 78.4 Å². The Hall–Kier alpha value is -1.14. The van der Waals surface area contributed by atoms with Crippen LogP contribution in [0.1, 0.15) is 12.5 Å². The highest BCUT2D eigenvalue weighted by Crippen LogP contribution is 2.34. The molecule has 5 nitrogen and oxygen atoms in total. The number of rotatable bonds is 5. The maximum Gasteiger partial charge on any atom is 0.312 e. The number of benzene rings is 1. The molecule has 2 N–H and O–H groups in total. The van der Waals surface area contributed by atoms with E-state index in [-0.39, 0.29) is 11.6 Å². The monoisotopic (exact) mass is 302 g/mol. The first-order chi connectivity index (χ1) is 7.95. The highest BCUT2D eigenvalue weighted by Gasteiger charge is 2.19. The third kappa shape index (κ3) is 3.67. The first-order valence-corrected chi connectivity index (χ1v) is 6.02. The summed E-state index contributed by atoms with van der Waals surface area (Å²) in [4.78, 5) is 10.5. The zero-order chi connectivity index (χ0) is 13.0. The first-order valence-electron chi connectivity index (χ1n) is 5.23. The minimum absolute atomic E-state index is 0.0268.